The lowest BCUT2D eigenvalue weighted by Crippen LogP contribution is -2.49. The molecule has 160 valence electrons. The van der Waals surface area contributed by atoms with Gasteiger partial charge in [0.15, 0.2) is 0 Å². The van der Waals surface area contributed by atoms with Gasteiger partial charge in [0.25, 0.3) is 11.1 Å². The third-order valence-electron chi connectivity index (χ3n) is 5.45. The van der Waals surface area contributed by atoms with Crippen molar-refractivity contribution in [2.45, 2.75) is 53.1 Å². The van der Waals surface area contributed by atoms with E-state index in [4.69, 9.17) is 0 Å². The van der Waals surface area contributed by atoms with Crippen molar-refractivity contribution in [1.29, 1.82) is 0 Å². The fraction of sp³-hybridized carbons (Fsp3) is 0.435. The maximum atomic E-state index is 12.7. The molecule has 0 N–H and O–H groups in total. The van der Waals surface area contributed by atoms with Crippen LogP contribution in [0.25, 0.3) is 11.6 Å². The summed E-state index contributed by atoms with van der Waals surface area (Å²) in [5.41, 5.74) is 5.27. The molecule has 0 atom stereocenters. The first-order chi connectivity index (χ1) is 14.0. The highest BCUT2D eigenvalue weighted by atomic mass is 32.2. The van der Waals surface area contributed by atoms with Gasteiger partial charge in [-0.25, -0.2) is 0 Å². The molecule has 30 heavy (non-hydrogen) atoms. The molecule has 2 aliphatic rings. The van der Waals surface area contributed by atoms with Gasteiger partial charge in [-0.2, -0.15) is 0 Å². The minimum absolute atomic E-state index is 0.101. The Kier molecular flexibility index (Phi) is 5.87. The number of nitrogens with zero attached hydrogens (tertiary/aromatic N) is 2. The van der Waals surface area contributed by atoms with Gasteiger partial charge in [-0.15, -0.1) is 0 Å². The summed E-state index contributed by atoms with van der Waals surface area (Å²) >= 11 is 0.847. The van der Waals surface area contributed by atoms with Crippen molar-refractivity contribution in [1.82, 2.24) is 4.90 Å². The predicted octanol–water partition coefficient (Wildman–Crippen LogP) is 4.61. The highest BCUT2D eigenvalue weighted by Gasteiger charge is 2.37. The second kappa shape index (κ2) is 7.95. The van der Waals surface area contributed by atoms with Crippen LogP contribution in [-0.2, 0) is 14.3 Å². The number of anilines is 1. The molecule has 2 heterocycles. The smallest absolute Gasteiger partial charge is 0.325 e. The quantitative estimate of drug-likeness (QED) is 0.515. The van der Waals surface area contributed by atoms with Crippen LogP contribution in [0.4, 0.5) is 10.5 Å². The molecule has 0 unspecified atom stereocenters. The summed E-state index contributed by atoms with van der Waals surface area (Å²) < 4.78 is 4.58. The van der Waals surface area contributed by atoms with E-state index in [0.717, 1.165) is 33.4 Å². The average molecular weight is 429 g/mol. The predicted molar refractivity (Wildman–Crippen MR) is 121 cm³/mol. The van der Waals surface area contributed by atoms with Crippen molar-refractivity contribution >= 4 is 46.2 Å². The number of carbonyl (C=O) groups is 3. The lowest BCUT2D eigenvalue weighted by atomic mass is 9.86. The van der Waals surface area contributed by atoms with Crippen LogP contribution in [0, 0.1) is 6.92 Å². The number of aryl methyl sites for hydroxylation is 1. The summed E-state index contributed by atoms with van der Waals surface area (Å²) in [6, 6.07) is 4.55. The zero-order chi connectivity index (χ0) is 22.4. The number of ether oxygens (including phenoxy) is 1. The number of imide groups is 1. The van der Waals surface area contributed by atoms with E-state index in [1.807, 2.05) is 6.92 Å². The Balaban J connectivity index is 2.02. The van der Waals surface area contributed by atoms with Crippen LogP contribution in [0.1, 0.15) is 51.3 Å². The van der Waals surface area contributed by atoms with Crippen molar-refractivity contribution in [3.63, 3.8) is 0 Å². The van der Waals surface area contributed by atoms with Crippen molar-refractivity contribution in [3.05, 3.63) is 39.8 Å². The lowest BCUT2D eigenvalue weighted by Gasteiger charge is -2.46. The molecule has 1 aromatic rings. The van der Waals surface area contributed by atoms with Crippen molar-refractivity contribution in [2.75, 3.05) is 18.6 Å². The third-order valence-corrected chi connectivity index (χ3v) is 6.36. The second-order valence-electron chi connectivity index (χ2n) is 8.51. The number of thioether (sulfide) groups is 1. The number of amides is 2. The maximum absolute atomic E-state index is 12.7. The average Bonchev–Trinajstić information content (AvgIpc) is 2.89. The summed E-state index contributed by atoms with van der Waals surface area (Å²) in [6.07, 6.45) is 4.00. The summed E-state index contributed by atoms with van der Waals surface area (Å²) in [6.45, 7) is 12.5. The Labute approximate surface area is 181 Å². The van der Waals surface area contributed by atoms with E-state index in [1.165, 1.54) is 18.4 Å². The van der Waals surface area contributed by atoms with E-state index in [0.29, 0.717) is 10.9 Å². The van der Waals surface area contributed by atoms with E-state index in [9.17, 15) is 14.4 Å². The van der Waals surface area contributed by atoms with Crippen molar-refractivity contribution < 1.29 is 19.1 Å². The van der Waals surface area contributed by atoms with Crippen LogP contribution in [0.5, 0.6) is 0 Å². The summed E-state index contributed by atoms with van der Waals surface area (Å²) in [4.78, 5) is 40.0. The monoisotopic (exact) mass is 428 g/mol. The van der Waals surface area contributed by atoms with Crippen LogP contribution in [-0.4, -0.2) is 47.3 Å². The number of methoxy groups -OCH3 is 1. The zero-order valence-corrected chi connectivity index (χ0v) is 19.3. The molecule has 3 rings (SSSR count). The Bertz CT molecular complexity index is 991. The number of hydrogen-bond donors (Lipinski definition) is 0. The molecule has 0 spiro atoms. The fourth-order valence-electron chi connectivity index (χ4n) is 4.28. The standard InChI is InChI=1S/C23H28N2O4S/c1-13(2)25-18-8-14(3)16(9-17(18)15(4)11-23(25,5)6)10-19-21(27)24(22(28)30-19)12-20(26)29-7/h8-11,13H,12H2,1-7H3/b19-10+. The molecule has 0 saturated carbocycles. The maximum Gasteiger partial charge on any atom is 0.325 e. The highest BCUT2D eigenvalue weighted by molar-refractivity contribution is 8.18. The lowest BCUT2D eigenvalue weighted by molar-refractivity contribution is -0.143. The summed E-state index contributed by atoms with van der Waals surface area (Å²) in [5, 5.41) is -0.462. The summed E-state index contributed by atoms with van der Waals surface area (Å²) in [7, 11) is 1.23. The van der Waals surface area contributed by atoms with E-state index < -0.39 is 17.1 Å². The van der Waals surface area contributed by atoms with Gasteiger partial charge in [0.2, 0.25) is 0 Å². The number of benzene rings is 1. The van der Waals surface area contributed by atoms with Crippen molar-refractivity contribution in [2.24, 2.45) is 0 Å². The fourth-order valence-corrected chi connectivity index (χ4v) is 5.11. The Hall–Kier alpha value is -2.54. The Morgan fingerprint density at radius 1 is 1.23 bits per heavy atom. The Morgan fingerprint density at radius 2 is 1.90 bits per heavy atom. The first kappa shape index (κ1) is 22.2. The van der Waals surface area contributed by atoms with E-state index in [1.54, 1.807) is 6.08 Å². The second-order valence-corrected chi connectivity index (χ2v) is 9.51. The molecular weight excluding hydrogens is 400 g/mol. The molecule has 6 nitrogen and oxygen atoms in total. The van der Waals surface area contributed by atoms with Crippen LogP contribution < -0.4 is 4.90 Å². The van der Waals surface area contributed by atoms with Gasteiger partial charge in [-0.05, 0) is 88.2 Å². The highest BCUT2D eigenvalue weighted by Crippen LogP contribution is 2.42. The number of hydrogen-bond acceptors (Lipinski definition) is 6. The molecule has 1 saturated heterocycles. The summed E-state index contributed by atoms with van der Waals surface area (Å²) in [5.74, 6) is -1.09. The zero-order valence-electron chi connectivity index (χ0n) is 18.5. The van der Waals surface area contributed by atoms with Gasteiger partial charge in [0, 0.05) is 17.3 Å². The van der Waals surface area contributed by atoms with Gasteiger partial charge >= 0.3 is 5.97 Å². The third kappa shape index (κ3) is 3.90. The molecule has 0 radical (unpaired) electrons. The van der Waals surface area contributed by atoms with Gasteiger partial charge in [-0.3, -0.25) is 19.3 Å². The number of carbonyl (C=O) groups excluding carboxylic acids is 3. The number of fused-ring (bicyclic) bond motifs is 1. The molecule has 1 fully saturated rings. The molecule has 2 amide bonds. The molecule has 1 aromatic carbocycles. The number of allylic oxidation sites excluding steroid dienone is 1. The molecule has 0 aromatic heterocycles. The van der Waals surface area contributed by atoms with Crippen LogP contribution in [0.3, 0.4) is 0 Å². The van der Waals surface area contributed by atoms with Gasteiger partial charge in [-0.1, -0.05) is 6.08 Å². The van der Waals surface area contributed by atoms with E-state index in [2.05, 4.69) is 62.5 Å². The minimum atomic E-state index is -0.624. The molecule has 0 aliphatic carbocycles. The first-order valence-electron chi connectivity index (χ1n) is 9.92. The van der Waals surface area contributed by atoms with Gasteiger partial charge in [0.1, 0.15) is 6.54 Å². The largest absolute Gasteiger partial charge is 0.468 e. The molecule has 2 aliphatic heterocycles. The molecule has 7 heteroatoms. The van der Waals surface area contributed by atoms with E-state index in [-0.39, 0.29) is 12.1 Å². The van der Waals surface area contributed by atoms with Gasteiger partial charge < -0.3 is 9.64 Å². The van der Waals surface area contributed by atoms with Crippen LogP contribution >= 0.6 is 11.8 Å². The molecule has 0 bridgehead atoms. The van der Waals surface area contributed by atoms with Gasteiger partial charge in [0.05, 0.1) is 17.6 Å². The van der Waals surface area contributed by atoms with E-state index >= 15 is 0 Å². The minimum Gasteiger partial charge on any atom is -0.468 e. The number of esters is 1. The Morgan fingerprint density at radius 3 is 2.50 bits per heavy atom. The number of rotatable bonds is 4. The van der Waals surface area contributed by atoms with Crippen LogP contribution in [0.2, 0.25) is 0 Å². The van der Waals surface area contributed by atoms with Crippen LogP contribution in [0.15, 0.2) is 23.1 Å². The molecular formula is C23H28N2O4S. The normalized spacial score (nSPS) is 19.5. The first-order valence-corrected chi connectivity index (χ1v) is 10.7. The topological polar surface area (TPSA) is 66.9 Å². The van der Waals surface area contributed by atoms with Crippen molar-refractivity contribution in [3.8, 4) is 0 Å². The SMILES string of the molecule is COC(=O)CN1C(=O)S/C(=C/c2cc3c(cc2C)N(C(C)C)C(C)(C)C=C3C)C1=O.